The number of carbonyl (C=O) groups excluding carboxylic acids is 2. The highest BCUT2D eigenvalue weighted by molar-refractivity contribution is 5.82. The normalized spacial score (nSPS) is 12.7. The van der Waals surface area contributed by atoms with Crippen LogP contribution in [0.1, 0.15) is 18.1 Å². The number of amides is 2. The van der Waals surface area contributed by atoms with Crippen LogP contribution in [-0.2, 0) is 22.6 Å². The van der Waals surface area contributed by atoms with E-state index in [0.717, 1.165) is 11.1 Å². The molecule has 27 heavy (non-hydrogen) atoms. The van der Waals surface area contributed by atoms with E-state index in [1.54, 1.807) is 0 Å². The van der Waals surface area contributed by atoms with Crippen molar-refractivity contribution in [1.82, 2.24) is 10.6 Å². The molecule has 0 unspecified atom stereocenters. The zero-order valence-corrected chi connectivity index (χ0v) is 15.5. The number of carbonyl (C=O) groups is 2. The van der Waals surface area contributed by atoms with E-state index in [1.807, 2.05) is 67.6 Å². The van der Waals surface area contributed by atoms with Crippen LogP contribution in [0.4, 0.5) is 4.79 Å². The largest absolute Gasteiger partial charge is 0.445 e. The molecule has 0 aliphatic carbocycles. The van der Waals surface area contributed by atoms with Gasteiger partial charge in [-0.1, -0.05) is 67.6 Å². The Balaban J connectivity index is 1.70. The molecule has 2 rings (SSSR count). The van der Waals surface area contributed by atoms with Gasteiger partial charge in [0.05, 0.1) is 13.2 Å². The first-order valence-corrected chi connectivity index (χ1v) is 8.87. The Morgan fingerprint density at radius 2 is 1.56 bits per heavy atom. The second kappa shape index (κ2) is 10.3. The number of benzene rings is 2. The van der Waals surface area contributed by atoms with Gasteiger partial charge >= 0.3 is 6.09 Å². The molecule has 0 aromatic heterocycles. The average molecular weight is 370 g/mol. The molecule has 0 aliphatic rings. The zero-order valence-electron chi connectivity index (χ0n) is 15.5. The number of hydrogen-bond acceptors (Lipinski definition) is 4. The highest BCUT2D eigenvalue weighted by Crippen LogP contribution is 2.21. The van der Waals surface area contributed by atoms with Gasteiger partial charge in [0, 0.05) is 12.0 Å². The average Bonchev–Trinajstić information content (AvgIpc) is 2.70. The molecule has 0 bridgehead atoms. The maximum atomic E-state index is 12.0. The molecule has 2 aromatic carbocycles. The number of hydrogen-bond donors (Lipinski definition) is 3. The van der Waals surface area contributed by atoms with Crippen molar-refractivity contribution in [3.05, 3.63) is 71.8 Å². The second-order valence-corrected chi connectivity index (χ2v) is 6.82. The quantitative estimate of drug-likeness (QED) is 0.632. The van der Waals surface area contributed by atoms with E-state index in [9.17, 15) is 14.7 Å². The molecular weight excluding hydrogens is 344 g/mol. The summed E-state index contributed by atoms with van der Waals surface area (Å²) in [5.41, 5.74) is 1.48. The van der Waals surface area contributed by atoms with Gasteiger partial charge in [-0.2, -0.15) is 0 Å². The first-order chi connectivity index (χ1) is 13.0. The molecule has 0 spiro atoms. The van der Waals surface area contributed by atoms with E-state index in [4.69, 9.17) is 4.74 Å². The van der Waals surface area contributed by atoms with Crippen molar-refractivity contribution in [2.24, 2.45) is 5.41 Å². The Morgan fingerprint density at radius 3 is 2.15 bits per heavy atom. The number of aliphatic hydroxyl groups excluding tert-OH is 1. The third-order valence-corrected chi connectivity index (χ3v) is 4.17. The molecule has 6 nitrogen and oxygen atoms in total. The lowest BCUT2D eigenvalue weighted by molar-refractivity contribution is -0.120. The number of aliphatic hydroxyl groups is 1. The second-order valence-electron chi connectivity index (χ2n) is 6.82. The molecule has 6 heteroatoms. The van der Waals surface area contributed by atoms with Gasteiger partial charge in [-0.05, 0) is 17.5 Å². The summed E-state index contributed by atoms with van der Waals surface area (Å²) in [5.74, 6) is -0.334. The van der Waals surface area contributed by atoms with E-state index in [1.165, 1.54) is 0 Å². The third-order valence-electron chi connectivity index (χ3n) is 4.17. The Morgan fingerprint density at radius 1 is 0.963 bits per heavy atom. The molecule has 3 N–H and O–H groups in total. The van der Waals surface area contributed by atoms with E-state index in [-0.39, 0.29) is 25.7 Å². The van der Waals surface area contributed by atoms with Gasteiger partial charge in [-0.25, -0.2) is 4.79 Å². The lowest BCUT2D eigenvalue weighted by atomic mass is 9.84. The fourth-order valence-electron chi connectivity index (χ4n) is 2.56. The molecule has 0 radical (unpaired) electrons. The number of ether oxygens (including phenoxy) is 1. The summed E-state index contributed by atoms with van der Waals surface area (Å²) in [5, 5.41) is 14.9. The lowest BCUT2D eigenvalue weighted by Gasteiger charge is -2.27. The van der Waals surface area contributed by atoms with Gasteiger partial charge in [0.15, 0.2) is 0 Å². The molecule has 0 saturated carbocycles. The number of nitrogens with one attached hydrogen (secondary N) is 2. The van der Waals surface area contributed by atoms with Crippen LogP contribution in [0.2, 0.25) is 0 Å². The Bertz CT molecular complexity index is 721. The molecule has 144 valence electrons. The fraction of sp³-hybridized carbons (Fsp3) is 0.333. The standard InChI is InChI=1S/C21H26N2O4/c1-21(16-24,12-17-8-4-2-5-9-17)15-23-19(25)13-22-20(26)27-14-18-10-6-3-7-11-18/h2-11,24H,12-16H2,1H3,(H,22,26)(H,23,25)/t21-/m0/s1. The van der Waals surface area contributed by atoms with Crippen LogP contribution >= 0.6 is 0 Å². The molecule has 0 aliphatic heterocycles. The van der Waals surface area contributed by atoms with Crippen molar-refractivity contribution >= 4 is 12.0 Å². The highest BCUT2D eigenvalue weighted by atomic mass is 16.5. The van der Waals surface area contributed by atoms with Crippen LogP contribution in [0.5, 0.6) is 0 Å². The highest BCUT2D eigenvalue weighted by Gasteiger charge is 2.24. The maximum absolute atomic E-state index is 12.0. The smallest absolute Gasteiger partial charge is 0.407 e. The van der Waals surface area contributed by atoms with Crippen molar-refractivity contribution in [2.45, 2.75) is 20.0 Å². The minimum Gasteiger partial charge on any atom is -0.445 e. The van der Waals surface area contributed by atoms with Gasteiger partial charge in [-0.3, -0.25) is 4.79 Å². The van der Waals surface area contributed by atoms with Crippen LogP contribution in [0.15, 0.2) is 60.7 Å². The monoisotopic (exact) mass is 370 g/mol. The van der Waals surface area contributed by atoms with E-state index in [2.05, 4.69) is 10.6 Å². The third kappa shape index (κ3) is 7.50. The SMILES string of the molecule is C[C@@](CO)(CNC(=O)CNC(=O)OCc1ccccc1)Cc1ccccc1. The van der Waals surface area contributed by atoms with E-state index in [0.29, 0.717) is 13.0 Å². The minimum absolute atomic E-state index is 0.0608. The lowest BCUT2D eigenvalue weighted by Crippen LogP contribution is -2.43. The van der Waals surface area contributed by atoms with Crippen molar-refractivity contribution in [2.75, 3.05) is 19.7 Å². The van der Waals surface area contributed by atoms with Gasteiger partial charge in [0.1, 0.15) is 6.61 Å². The molecule has 1 atom stereocenters. The minimum atomic E-state index is -0.650. The van der Waals surface area contributed by atoms with E-state index < -0.39 is 11.5 Å². The summed E-state index contributed by atoms with van der Waals surface area (Å²) in [6.45, 7) is 2.11. The maximum Gasteiger partial charge on any atom is 0.407 e. The molecule has 0 saturated heterocycles. The van der Waals surface area contributed by atoms with Crippen molar-refractivity contribution in [3.8, 4) is 0 Å². The number of rotatable bonds is 9. The van der Waals surface area contributed by atoms with Gasteiger partial charge in [0.25, 0.3) is 0 Å². The van der Waals surface area contributed by atoms with Crippen LogP contribution in [0, 0.1) is 5.41 Å². The zero-order chi connectivity index (χ0) is 19.5. The molecule has 0 heterocycles. The molecule has 0 fully saturated rings. The summed E-state index contributed by atoms with van der Waals surface area (Å²) in [4.78, 5) is 23.6. The first-order valence-electron chi connectivity index (χ1n) is 8.87. The summed E-state index contributed by atoms with van der Waals surface area (Å²) in [6, 6.07) is 19.1. The predicted octanol–water partition coefficient (Wildman–Crippen LogP) is 2.27. The van der Waals surface area contributed by atoms with Crippen molar-refractivity contribution in [3.63, 3.8) is 0 Å². The topological polar surface area (TPSA) is 87.7 Å². The summed E-state index contributed by atoms with van der Waals surface area (Å²) in [7, 11) is 0. The first kappa shape index (κ1) is 20.5. The van der Waals surface area contributed by atoms with Crippen molar-refractivity contribution < 1.29 is 19.4 Å². The van der Waals surface area contributed by atoms with Crippen LogP contribution in [-0.4, -0.2) is 36.8 Å². The Labute approximate surface area is 159 Å². The van der Waals surface area contributed by atoms with Crippen LogP contribution in [0.25, 0.3) is 0 Å². The van der Waals surface area contributed by atoms with Crippen LogP contribution < -0.4 is 10.6 Å². The van der Waals surface area contributed by atoms with Gasteiger partial charge in [0.2, 0.25) is 5.91 Å². The molecular formula is C21H26N2O4. The fourth-order valence-corrected chi connectivity index (χ4v) is 2.56. The predicted molar refractivity (Wildman–Crippen MR) is 103 cm³/mol. The van der Waals surface area contributed by atoms with E-state index >= 15 is 0 Å². The molecule has 2 amide bonds. The summed E-state index contributed by atoms with van der Waals surface area (Å²) >= 11 is 0. The van der Waals surface area contributed by atoms with Crippen LogP contribution in [0.3, 0.4) is 0 Å². The Hall–Kier alpha value is -2.86. The number of alkyl carbamates (subject to hydrolysis) is 1. The van der Waals surface area contributed by atoms with Crippen molar-refractivity contribution in [1.29, 1.82) is 0 Å². The summed E-state index contributed by atoms with van der Waals surface area (Å²) in [6.07, 6.45) is -0.0137. The Kier molecular flexibility index (Phi) is 7.82. The van der Waals surface area contributed by atoms with Gasteiger partial charge in [-0.15, -0.1) is 0 Å². The summed E-state index contributed by atoms with van der Waals surface area (Å²) < 4.78 is 5.05. The molecule has 2 aromatic rings. The van der Waals surface area contributed by atoms with Gasteiger partial charge < -0.3 is 20.5 Å².